The molecule has 7 unspecified atom stereocenters. The van der Waals surface area contributed by atoms with E-state index in [1.54, 1.807) is 7.11 Å². The van der Waals surface area contributed by atoms with Gasteiger partial charge in [-0.15, -0.1) is 0 Å². The first-order chi connectivity index (χ1) is 28.2. The summed E-state index contributed by atoms with van der Waals surface area (Å²) in [5.74, 6) is 0.793. The van der Waals surface area contributed by atoms with Crippen LogP contribution in [0.15, 0.2) is 24.3 Å². The van der Waals surface area contributed by atoms with E-state index in [0.717, 1.165) is 99.9 Å². The molecule has 0 bridgehead atoms. The Morgan fingerprint density at radius 1 is 0.828 bits per heavy atom. The van der Waals surface area contributed by atoms with Crippen molar-refractivity contribution in [2.45, 2.75) is 108 Å². The molecule has 318 valence electrons. The number of benzene rings is 2. The minimum atomic E-state index is -0.371. The second kappa shape index (κ2) is 18.9. The van der Waals surface area contributed by atoms with Crippen LogP contribution in [0.5, 0.6) is 11.5 Å². The molecule has 15 heteroatoms. The van der Waals surface area contributed by atoms with Crippen molar-refractivity contribution < 1.29 is 23.0 Å². The van der Waals surface area contributed by atoms with E-state index in [4.69, 9.17) is 14.2 Å². The second-order valence-electron chi connectivity index (χ2n) is 16.9. The molecule has 7 atom stereocenters. The van der Waals surface area contributed by atoms with Crippen molar-refractivity contribution in [2.24, 2.45) is 0 Å². The van der Waals surface area contributed by atoms with Gasteiger partial charge < -0.3 is 35.1 Å². The molecule has 6 aliphatic heterocycles. The van der Waals surface area contributed by atoms with Crippen LogP contribution in [0.3, 0.4) is 0 Å². The van der Waals surface area contributed by atoms with Crippen LogP contribution in [-0.4, -0.2) is 115 Å². The third-order valence-corrected chi connectivity index (χ3v) is 12.2. The fraction of sp³-hybridized carbons (Fsp3) is 0.628. The highest BCUT2D eigenvalue weighted by molar-refractivity contribution is 5.78. The van der Waals surface area contributed by atoms with E-state index in [1.807, 2.05) is 12.1 Å². The van der Waals surface area contributed by atoms with Crippen LogP contribution in [-0.2, 0) is 17.6 Å². The number of anilines is 2. The largest absolute Gasteiger partial charge is 0.492 e. The smallest absolute Gasteiger partial charge is 0.157 e. The van der Waals surface area contributed by atoms with Gasteiger partial charge in [0.15, 0.2) is 11.6 Å². The molecule has 8 rings (SSSR count). The molecule has 0 saturated carbocycles. The zero-order chi connectivity index (χ0) is 40.2. The van der Waals surface area contributed by atoms with Crippen LogP contribution in [0, 0.1) is 11.6 Å². The lowest BCUT2D eigenvalue weighted by Crippen LogP contribution is -2.65. The SMILES string of the molecule is COCCNC1CC(C)NC(Nc2cc3c(c(C4=CCN(C)CCC4)c2F)OC(CNC2CC(C)NC(Nc4cc5c(c(C6=CCNCCC6)c4F)OCC5)N2)C3)N1. The minimum absolute atomic E-state index is 0.0574. The molecule has 0 aliphatic carbocycles. The van der Waals surface area contributed by atoms with Crippen molar-refractivity contribution in [3.63, 3.8) is 0 Å². The Morgan fingerprint density at radius 3 is 2.24 bits per heavy atom. The maximum atomic E-state index is 16.9. The Morgan fingerprint density at radius 2 is 1.50 bits per heavy atom. The molecule has 2 aromatic rings. The molecule has 9 N–H and O–H groups in total. The summed E-state index contributed by atoms with van der Waals surface area (Å²) in [5, 5.41) is 31.8. The summed E-state index contributed by atoms with van der Waals surface area (Å²) in [4.78, 5) is 2.27. The lowest BCUT2D eigenvalue weighted by atomic mass is 9.95. The lowest BCUT2D eigenvalue weighted by Gasteiger charge is -2.38. The van der Waals surface area contributed by atoms with E-state index >= 15 is 8.78 Å². The first-order valence-corrected chi connectivity index (χ1v) is 21.5. The molecule has 6 aliphatic rings. The molecule has 2 aromatic carbocycles. The van der Waals surface area contributed by atoms with Crippen LogP contribution >= 0.6 is 0 Å². The predicted molar refractivity (Wildman–Crippen MR) is 226 cm³/mol. The van der Waals surface area contributed by atoms with Gasteiger partial charge in [0, 0.05) is 69.3 Å². The van der Waals surface area contributed by atoms with Gasteiger partial charge in [-0.3, -0.25) is 31.9 Å². The highest BCUT2D eigenvalue weighted by Crippen LogP contribution is 2.44. The lowest BCUT2D eigenvalue weighted by molar-refractivity contribution is 0.178. The number of methoxy groups -OCH3 is 1. The Bertz CT molecular complexity index is 1830. The van der Waals surface area contributed by atoms with Crippen molar-refractivity contribution in [1.29, 1.82) is 0 Å². The number of likely N-dealkylation sites (N-methyl/N-ethyl adjacent to an activating group) is 1. The summed E-state index contributed by atoms with van der Waals surface area (Å²) >= 11 is 0. The average Bonchev–Trinajstić information content (AvgIpc) is 3.64. The number of allylic oxidation sites excluding steroid dienone is 2. The number of hydrogen-bond acceptors (Lipinski definition) is 13. The topological polar surface area (TPSA) is 139 Å². The average molecular weight is 807 g/mol. The van der Waals surface area contributed by atoms with Crippen molar-refractivity contribution in [3.8, 4) is 11.5 Å². The molecule has 0 radical (unpaired) electrons. The summed E-state index contributed by atoms with van der Waals surface area (Å²) < 4.78 is 51.2. The first kappa shape index (κ1) is 41.4. The van der Waals surface area contributed by atoms with Crippen LogP contribution in [0.25, 0.3) is 11.1 Å². The van der Waals surface area contributed by atoms with Crippen LogP contribution in [0.2, 0.25) is 0 Å². The number of nitrogens with one attached hydrogen (secondary N) is 9. The van der Waals surface area contributed by atoms with Crippen LogP contribution in [0.4, 0.5) is 20.2 Å². The Balaban J connectivity index is 0.960. The van der Waals surface area contributed by atoms with E-state index < -0.39 is 0 Å². The van der Waals surface area contributed by atoms with Gasteiger partial charge >= 0.3 is 0 Å². The van der Waals surface area contributed by atoms with Gasteiger partial charge in [0.05, 0.1) is 48.0 Å². The Hall–Kier alpha value is -3.38. The normalized spacial score (nSPS) is 29.0. The Labute approximate surface area is 342 Å². The van der Waals surface area contributed by atoms with Gasteiger partial charge in [-0.25, -0.2) is 8.78 Å². The molecular weight excluding hydrogens is 743 g/mol. The molecule has 13 nitrogen and oxygen atoms in total. The molecule has 0 aromatic heterocycles. The summed E-state index contributed by atoms with van der Waals surface area (Å²) in [7, 11) is 3.80. The quantitative estimate of drug-likeness (QED) is 0.137. The monoisotopic (exact) mass is 807 g/mol. The van der Waals surface area contributed by atoms with E-state index in [1.165, 1.54) is 0 Å². The molecular formula is C43H64F2N10O3. The van der Waals surface area contributed by atoms with Crippen LogP contribution in [0.1, 0.15) is 74.6 Å². The zero-order valence-electron chi connectivity index (χ0n) is 34.6. The van der Waals surface area contributed by atoms with Gasteiger partial charge in [-0.2, -0.15) is 0 Å². The summed E-state index contributed by atoms with van der Waals surface area (Å²) in [6, 6.07) is 4.22. The number of halogens is 2. The molecule has 0 spiro atoms. The summed E-state index contributed by atoms with van der Waals surface area (Å²) in [5.41, 5.74) is 6.14. The highest BCUT2D eigenvalue weighted by atomic mass is 19.1. The van der Waals surface area contributed by atoms with E-state index in [9.17, 15) is 0 Å². The predicted octanol–water partition coefficient (Wildman–Crippen LogP) is 3.59. The molecule has 0 amide bonds. The van der Waals surface area contributed by atoms with E-state index in [-0.39, 0.29) is 54.7 Å². The van der Waals surface area contributed by atoms with Gasteiger partial charge in [0.2, 0.25) is 0 Å². The van der Waals surface area contributed by atoms with Gasteiger partial charge in [-0.1, -0.05) is 12.2 Å². The molecule has 58 heavy (non-hydrogen) atoms. The van der Waals surface area contributed by atoms with Gasteiger partial charge in [0.1, 0.15) is 30.2 Å². The summed E-state index contributed by atoms with van der Waals surface area (Å²) in [6.07, 6.45) is 9.99. The van der Waals surface area contributed by atoms with Crippen molar-refractivity contribution in [1.82, 2.24) is 42.1 Å². The fourth-order valence-corrected chi connectivity index (χ4v) is 9.32. The fourth-order valence-electron chi connectivity index (χ4n) is 9.32. The maximum absolute atomic E-state index is 16.9. The Kier molecular flexibility index (Phi) is 13.5. The van der Waals surface area contributed by atoms with Gasteiger partial charge in [0.25, 0.3) is 0 Å². The molecule has 2 saturated heterocycles. The van der Waals surface area contributed by atoms with Crippen molar-refractivity contribution in [2.75, 3.05) is 77.3 Å². The van der Waals surface area contributed by atoms with Crippen LogP contribution < -0.4 is 57.3 Å². The minimum Gasteiger partial charge on any atom is -0.492 e. The summed E-state index contributed by atoms with van der Waals surface area (Å²) in [6.45, 7) is 10.1. The third-order valence-electron chi connectivity index (χ3n) is 12.2. The molecule has 6 heterocycles. The number of ether oxygens (including phenoxy) is 3. The van der Waals surface area contributed by atoms with Crippen molar-refractivity contribution in [3.05, 3.63) is 58.2 Å². The third kappa shape index (κ3) is 9.64. The van der Waals surface area contributed by atoms with Crippen molar-refractivity contribution >= 4 is 22.5 Å². The number of hydrogen-bond donors (Lipinski definition) is 9. The number of rotatable bonds is 13. The van der Waals surface area contributed by atoms with Gasteiger partial charge in [-0.05, 0) is 95.8 Å². The zero-order valence-corrected chi connectivity index (χ0v) is 34.6. The highest BCUT2D eigenvalue weighted by Gasteiger charge is 2.35. The van der Waals surface area contributed by atoms with E-state index in [0.29, 0.717) is 60.2 Å². The maximum Gasteiger partial charge on any atom is 0.157 e. The number of nitrogens with zero attached hydrogens (tertiary/aromatic N) is 1. The number of fused-ring (bicyclic) bond motifs is 2. The van der Waals surface area contributed by atoms with E-state index in [2.05, 4.69) is 85.8 Å². The standard InChI is InChI=1S/C43H64F2N10O3/c1-25-19-34(47-14-18-56-4)53-42(49-25)52-33-23-30-21-31(58-41(30)37(39(33)45)28-8-6-15-55(3)16-10-28)24-48-35-20-26(2)50-43(54-35)51-32-22-29-11-17-57-40(29)36(38(32)44)27-7-5-12-46-13-9-27/h9-10,22-23,25-26,31,34-35,42-43,46-54H,5-8,11-21,24H2,1-4H3. The molecule has 2 fully saturated rings. The second-order valence-corrected chi connectivity index (χ2v) is 16.9. The first-order valence-electron chi connectivity index (χ1n) is 21.5.